The molecular formula is C21H24N2O5S2. The van der Waals surface area contributed by atoms with Crippen LogP contribution in [0.5, 0.6) is 0 Å². The number of carbonyl (C=O) groups is 2. The Kier molecular flexibility index (Phi) is 6.42. The van der Waals surface area contributed by atoms with Gasteiger partial charge in [-0.1, -0.05) is 38.1 Å². The Hall–Kier alpha value is -2.52. The predicted octanol–water partition coefficient (Wildman–Crippen LogP) is 2.98. The smallest absolute Gasteiger partial charge is 0.332 e. The standard InChI is InChI=1S/C21H24N2O5S2/c1-4-28-20(25)21(14(2)3)11-10-16(19(24)23-21)17-12-29-18(22-17)13-30(26,27)15-8-6-5-7-9-15/h5-10,12,14H,4,11,13H2,1-3H3,(H,23,24). The van der Waals surface area contributed by atoms with Gasteiger partial charge in [0, 0.05) is 11.8 Å². The summed E-state index contributed by atoms with van der Waals surface area (Å²) in [6.45, 7) is 5.65. The maximum atomic E-state index is 12.8. The second-order valence-electron chi connectivity index (χ2n) is 7.32. The summed E-state index contributed by atoms with van der Waals surface area (Å²) >= 11 is 1.18. The van der Waals surface area contributed by atoms with Crippen molar-refractivity contribution in [2.75, 3.05) is 6.61 Å². The number of esters is 1. The quantitative estimate of drug-likeness (QED) is 0.654. The Morgan fingerprint density at radius 3 is 2.60 bits per heavy atom. The van der Waals surface area contributed by atoms with Crippen molar-refractivity contribution >= 4 is 38.6 Å². The largest absolute Gasteiger partial charge is 0.464 e. The van der Waals surface area contributed by atoms with Gasteiger partial charge in [0.25, 0.3) is 5.91 Å². The third-order valence-corrected chi connectivity index (χ3v) is 7.75. The maximum Gasteiger partial charge on any atom is 0.332 e. The van der Waals surface area contributed by atoms with Gasteiger partial charge in [0.1, 0.15) is 16.3 Å². The SMILES string of the molecule is CCOC(=O)C1(C(C)C)CC=C(c2csc(CS(=O)(=O)c3ccccc3)n2)C(=O)N1. The van der Waals surface area contributed by atoms with Gasteiger partial charge in [-0.05, 0) is 25.0 Å². The first-order valence-electron chi connectivity index (χ1n) is 9.62. The van der Waals surface area contributed by atoms with Crippen molar-refractivity contribution in [1.82, 2.24) is 10.3 Å². The lowest BCUT2D eigenvalue weighted by Gasteiger charge is -2.37. The minimum Gasteiger partial charge on any atom is -0.464 e. The van der Waals surface area contributed by atoms with Gasteiger partial charge in [0.15, 0.2) is 9.84 Å². The lowest BCUT2D eigenvalue weighted by atomic mass is 9.80. The van der Waals surface area contributed by atoms with Crippen molar-refractivity contribution in [3.63, 3.8) is 0 Å². The number of nitrogens with zero attached hydrogens (tertiary/aromatic N) is 1. The normalized spacial score (nSPS) is 19.3. The van der Waals surface area contributed by atoms with Crippen molar-refractivity contribution in [3.05, 3.63) is 52.5 Å². The molecule has 0 saturated carbocycles. The second-order valence-corrected chi connectivity index (χ2v) is 10.3. The topological polar surface area (TPSA) is 102 Å². The molecule has 9 heteroatoms. The van der Waals surface area contributed by atoms with Crippen LogP contribution in [0.1, 0.15) is 37.9 Å². The van der Waals surface area contributed by atoms with E-state index in [1.807, 2.05) is 13.8 Å². The summed E-state index contributed by atoms with van der Waals surface area (Å²) in [5.41, 5.74) is -0.390. The molecule has 2 heterocycles. The number of hydrogen-bond acceptors (Lipinski definition) is 7. The molecule has 2 aromatic rings. The Bertz CT molecular complexity index is 1070. The van der Waals surface area contributed by atoms with Crippen LogP contribution in [0.15, 0.2) is 46.7 Å². The van der Waals surface area contributed by atoms with Gasteiger partial charge in [-0.15, -0.1) is 11.3 Å². The van der Waals surface area contributed by atoms with E-state index in [0.29, 0.717) is 16.3 Å². The molecular weight excluding hydrogens is 424 g/mol. The number of nitrogens with one attached hydrogen (secondary N) is 1. The highest BCUT2D eigenvalue weighted by molar-refractivity contribution is 7.90. The van der Waals surface area contributed by atoms with Crippen LogP contribution in [0, 0.1) is 5.92 Å². The van der Waals surface area contributed by atoms with Gasteiger partial charge < -0.3 is 10.1 Å². The van der Waals surface area contributed by atoms with Crippen molar-refractivity contribution in [3.8, 4) is 0 Å². The molecule has 160 valence electrons. The molecule has 0 saturated heterocycles. The first-order chi connectivity index (χ1) is 14.2. The first-order valence-corrected chi connectivity index (χ1v) is 12.2. The fourth-order valence-electron chi connectivity index (χ4n) is 3.28. The zero-order valence-electron chi connectivity index (χ0n) is 17.0. The third kappa shape index (κ3) is 4.32. The molecule has 1 N–H and O–H groups in total. The molecule has 1 aliphatic rings. The molecule has 0 bridgehead atoms. The van der Waals surface area contributed by atoms with E-state index >= 15 is 0 Å². The number of thiazole rings is 1. The Labute approximate surface area is 180 Å². The molecule has 0 radical (unpaired) electrons. The number of aromatic nitrogens is 1. The molecule has 7 nitrogen and oxygen atoms in total. The van der Waals surface area contributed by atoms with E-state index in [0.717, 1.165) is 0 Å². The van der Waals surface area contributed by atoms with Gasteiger partial charge in [-0.3, -0.25) is 4.79 Å². The second kappa shape index (κ2) is 8.69. The highest BCUT2D eigenvalue weighted by atomic mass is 32.2. The van der Waals surface area contributed by atoms with Crippen LogP contribution in [-0.2, 0) is 29.9 Å². The van der Waals surface area contributed by atoms with E-state index < -0.39 is 27.3 Å². The van der Waals surface area contributed by atoms with Crippen LogP contribution in [0.25, 0.3) is 5.57 Å². The third-order valence-electron chi connectivity index (χ3n) is 5.08. The van der Waals surface area contributed by atoms with Gasteiger partial charge in [-0.2, -0.15) is 0 Å². The van der Waals surface area contributed by atoms with Gasteiger partial charge in [-0.25, -0.2) is 18.2 Å². The molecule has 1 amide bonds. The highest BCUT2D eigenvalue weighted by Crippen LogP contribution is 2.32. The van der Waals surface area contributed by atoms with Crippen molar-refractivity contribution in [1.29, 1.82) is 0 Å². The van der Waals surface area contributed by atoms with Gasteiger partial charge >= 0.3 is 5.97 Å². The Morgan fingerprint density at radius 1 is 1.30 bits per heavy atom. The summed E-state index contributed by atoms with van der Waals surface area (Å²) < 4.78 is 30.3. The van der Waals surface area contributed by atoms with Crippen LogP contribution >= 0.6 is 11.3 Å². The molecule has 1 aromatic carbocycles. The van der Waals surface area contributed by atoms with E-state index in [4.69, 9.17) is 4.74 Å². The van der Waals surface area contributed by atoms with E-state index in [9.17, 15) is 18.0 Å². The highest BCUT2D eigenvalue weighted by Gasteiger charge is 2.46. The van der Waals surface area contributed by atoms with Crippen molar-refractivity contribution in [2.45, 2.75) is 43.4 Å². The summed E-state index contributed by atoms with van der Waals surface area (Å²) in [6.07, 6.45) is 1.96. The average Bonchev–Trinajstić information content (AvgIpc) is 3.15. The molecule has 0 spiro atoms. The molecule has 30 heavy (non-hydrogen) atoms. The summed E-state index contributed by atoms with van der Waals surface area (Å²) in [7, 11) is -3.52. The summed E-state index contributed by atoms with van der Waals surface area (Å²) in [6, 6.07) is 8.18. The molecule has 1 unspecified atom stereocenters. The number of carbonyl (C=O) groups excluding carboxylic acids is 2. The first kappa shape index (κ1) is 22.2. The molecule has 0 aliphatic carbocycles. The van der Waals surface area contributed by atoms with Crippen LogP contribution in [0.2, 0.25) is 0 Å². The van der Waals surface area contributed by atoms with Crippen molar-refractivity contribution in [2.24, 2.45) is 5.92 Å². The average molecular weight is 449 g/mol. The predicted molar refractivity (Wildman–Crippen MR) is 114 cm³/mol. The number of amides is 1. The van der Waals surface area contributed by atoms with Crippen LogP contribution in [0.3, 0.4) is 0 Å². The summed E-state index contributed by atoms with van der Waals surface area (Å²) in [4.78, 5) is 29.9. The minimum absolute atomic E-state index is 0.166. The fourth-order valence-corrected chi connectivity index (χ4v) is 5.73. The van der Waals surface area contributed by atoms with E-state index in [1.54, 1.807) is 48.7 Å². The van der Waals surface area contributed by atoms with E-state index in [-0.39, 0.29) is 29.6 Å². The van der Waals surface area contributed by atoms with Crippen molar-refractivity contribution < 1.29 is 22.7 Å². The number of hydrogen-bond donors (Lipinski definition) is 1. The molecule has 0 fully saturated rings. The van der Waals surface area contributed by atoms with Crippen LogP contribution in [-0.4, -0.2) is 37.4 Å². The lowest BCUT2D eigenvalue weighted by Crippen LogP contribution is -2.60. The zero-order chi connectivity index (χ0) is 21.9. The van der Waals surface area contributed by atoms with Crippen LogP contribution < -0.4 is 5.32 Å². The van der Waals surface area contributed by atoms with E-state index in [1.165, 1.54) is 11.3 Å². The summed E-state index contributed by atoms with van der Waals surface area (Å²) in [5, 5.41) is 4.87. The van der Waals surface area contributed by atoms with Gasteiger partial charge in [0.2, 0.25) is 0 Å². The number of sulfone groups is 1. The molecule has 1 aromatic heterocycles. The minimum atomic E-state index is -3.52. The summed E-state index contributed by atoms with van der Waals surface area (Å²) in [5.74, 6) is -1.29. The molecule has 1 aliphatic heterocycles. The number of ether oxygens (including phenoxy) is 1. The molecule has 3 rings (SSSR count). The van der Waals surface area contributed by atoms with Crippen LogP contribution in [0.4, 0.5) is 0 Å². The zero-order valence-corrected chi connectivity index (χ0v) is 18.7. The number of rotatable bonds is 7. The Balaban J connectivity index is 1.83. The fraction of sp³-hybridized carbons (Fsp3) is 0.381. The lowest BCUT2D eigenvalue weighted by molar-refractivity contribution is -0.155. The Morgan fingerprint density at radius 2 is 2.00 bits per heavy atom. The molecule has 1 atom stereocenters. The maximum absolute atomic E-state index is 12.8. The van der Waals surface area contributed by atoms with E-state index in [2.05, 4.69) is 10.3 Å². The number of benzene rings is 1. The van der Waals surface area contributed by atoms with Gasteiger partial charge in [0.05, 0.1) is 22.8 Å². The monoisotopic (exact) mass is 448 g/mol.